The van der Waals surface area contributed by atoms with Crippen molar-refractivity contribution in [1.82, 2.24) is 19.0 Å². The molecule has 3 heterocycles. The number of hydrogen-bond acceptors (Lipinski definition) is 4. The van der Waals surface area contributed by atoms with Crippen molar-refractivity contribution in [2.75, 3.05) is 6.54 Å². The summed E-state index contributed by atoms with van der Waals surface area (Å²) in [6, 6.07) is 3.24. The summed E-state index contributed by atoms with van der Waals surface area (Å²) in [6.07, 6.45) is 5.42. The van der Waals surface area contributed by atoms with Crippen LogP contribution in [0.1, 0.15) is 35.4 Å². The zero-order chi connectivity index (χ0) is 16.8. The predicted molar refractivity (Wildman–Crippen MR) is 87.2 cm³/mol. The third-order valence-electron chi connectivity index (χ3n) is 5.03. The number of imidazole rings is 1. The van der Waals surface area contributed by atoms with Crippen LogP contribution in [0, 0.1) is 6.92 Å². The first-order chi connectivity index (χ1) is 11.6. The molecule has 0 radical (unpaired) electrons. The fraction of sp³-hybridized carbons (Fsp3) is 0.471. The number of amides is 1. The molecule has 1 aliphatic carbocycles. The fourth-order valence-corrected chi connectivity index (χ4v) is 3.78. The van der Waals surface area contributed by atoms with Gasteiger partial charge in [-0.05, 0) is 38.3 Å². The Morgan fingerprint density at radius 3 is 2.71 bits per heavy atom. The number of fused-ring (bicyclic) bond motifs is 1. The quantitative estimate of drug-likeness (QED) is 0.880. The van der Waals surface area contributed by atoms with Crippen molar-refractivity contribution in [3.63, 3.8) is 0 Å². The number of carbonyl (C=O) groups is 1. The van der Waals surface area contributed by atoms with E-state index in [0.29, 0.717) is 24.5 Å². The van der Waals surface area contributed by atoms with Crippen molar-refractivity contribution < 1.29 is 9.90 Å². The number of hydrogen-bond donors (Lipinski definition) is 1. The maximum atomic E-state index is 12.8. The van der Waals surface area contributed by atoms with Crippen LogP contribution in [-0.2, 0) is 6.54 Å². The molecule has 2 aromatic rings. The number of carbonyl (C=O) groups excluding carboxylic acids is 1. The molecule has 126 valence electrons. The van der Waals surface area contributed by atoms with Crippen LogP contribution in [-0.4, -0.2) is 48.7 Å². The Hall–Kier alpha value is -2.41. The van der Waals surface area contributed by atoms with E-state index in [4.69, 9.17) is 0 Å². The minimum absolute atomic E-state index is 0.127. The van der Waals surface area contributed by atoms with Gasteiger partial charge in [0.2, 0.25) is 0 Å². The average molecular weight is 328 g/mol. The molecule has 1 amide bonds. The topological polar surface area (TPSA) is 80.4 Å². The van der Waals surface area contributed by atoms with Crippen molar-refractivity contribution in [2.45, 2.75) is 44.9 Å². The summed E-state index contributed by atoms with van der Waals surface area (Å²) in [7, 11) is 0. The molecule has 2 aliphatic rings. The Labute approximate surface area is 139 Å². The lowest BCUT2D eigenvalue weighted by Gasteiger charge is -2.35. The SMILES string of the molecule is Cc1cn(-c2ccc3n(c2=O)CCN(C2CCCC2O)C3=O)cn1. The number of nitrogens with zero attached hydrogens (tertiary/aromatic N) is 4. The standard InChI is InChI=1S/C17H20N4O3/c1-11-9-19(10-18-11)13-5-6-14-17(24)20(7-8-21(14)16(13)23)12-3-2-4-15(12)22/h5-6,9-10,12,15,22H,2-4,7-8H2,1H3. The van der Waals surface area contributed by atoms with Gasteiger partial charge in [0.25, 0.3) is 11.5 Å². The maximum absolute atomic E-state index is 12.8. The lowest BCUT2D eigenvalue weighted by molar-refractivity contribution is 0.0390. The van der Waals surface area contributed by atoms with Crippen LogP contribution in [0.25, 0.3) is 5.69 Å². The molecule has 1 aliphatic heterocycles. The second-order valence-corrected chi connectivity index (χ2v) is 6.55. The van der Waals surface area contributed by atoms with Crippen LogP contribution < -0.4 is 5.56 Å². The molecule has 0 spiro atoms. The fourth-order valence-electron chi connectivity index (χ4n) is 3.78. The molecule has 7 heteroatoms. The number of aromatic nitrogens is 3. The summed E-state index contributed by atoms with van der Waals surface area (Å²) in [5.41, 5.74) is 1.52. The van der Waals surface area contributed by atoms with Crippen molar-refractivity contribution in [3.05, 3.63) is 46.4 Å². The lowest BCUT2D eigenvalue weighted by atomic mass is 10.1. The summed E-state index contributed by atoms with van der Waals surface area (Å²) >= 11 is 0. The summed E-state index contributed by atoms with van der Waals surface area (Å²) in [6.45, 7) is 2.77. The Balaban J connectivity index is 1.71. The molecule has 0 aromatic carbocycles. The number of pyridine rings is 1. The Kier molecular flexibility index (Phi) is 3.53. The van der Waals surface area contributed by atoms with Crippen LogP contribution in [0.5, 0.6) is 0 Å². The molecule has 4 rings (SSSR count). The van der Waals surface area contributed by atoms with Crippen LogP contribution in [0.2, 0.25) is 0 Å². The first-order valence-electron chi connectivity index (χ1n) is 8.30. The highest BCUT2D eigenvalue weighted by Crippen LogP contribution is 2.27. The van der Waals surface area contributed by atoms with E-state index in [1.807, 2.05) is 6.92 Å². The average Bonchev–Trinajstić information content (AvgIpc) is 3.17. The van der Waals surface area contributed by atoms with Gasteiger partial charge < -0.3 is 19.1 Å². The first-order valence-corrected chi connectivity index (χ1v) is 8.30. The molecule has 2 atom stereocenters. The van der Waals surface area contributed by atoms with E-state index in [1.165, 1.54) is 4.57 Å². The summed E-state index contributed by atoms with van der Waals surface area (Å²) < 4.78 is 3.22. The molecule has 1 N–H and O–H groups in total. The van der Waals surface area contributed by atoms with E-state index in [9.17, 15) is 14.7 Å². The minimum Gasteiger partial charge on any atom is -0.391 e. The van der Waals surface area contributed by atoms with Crippen LogP contribution in [0.15, 0.2) is 29.5 Å². The summed E-state index contributed by atoms with van der Waals surface area (Å²) in [4.78, 5) is 31.4. The summed E-state index contributed by atoms with van der Waals surface area (Å²) in [5, 5.41) is 10.1. The van der Waals surface area contributed by atoms with Crippen LogP contribution >= 0.6 is 0 Å². The molecule has 0 bridgehead atoms. The number of aryl methyl sites for hydroxylation is 1. The van der Waals surface area contributed by atoms with Gasteiger partial charge in [-0.1, -0.05) is 0 Å². The van der Waals surface area contributed by atoms with Gasteiger partial charge in [-0.15, -0.1) is 0 Å². The molecule has 24 heavy (non-hydrogen) atoms. The normalized spacial score (nSPS) is 23.6. The molecule has 0 saturated heterocycles. The third kappa shape index (κ3) is 2.27. The first kappa shape index (κ1) is 15.1. The highest BCUT2D eigenvalue weighted by molar-refractivity contribution is 5.93. The van der Waals surface area contributed by atoms with E-state index in [2.05, 4.69) is 4.98 Å². The van der Waals surface area contributed by atoms with E-state index < -0.39 is 6.10 Å². The van der Waals surface area contributed by atoms with Crippen molar-refractivity contribution in [2.24, 2.45) is 0 Å². The number of aliphatic hydroxyl groups is 1. The zero-order valence-corrected chi connectivity index (χ0v) is 13.6. The van der Waals surface area contributed by atoms with Crippen molar-refractivity contribution in [1.29, 1.82) is 0 Å². The molecular formula is C17H20N4O3. The largest absolute Gasteiger partial charge is 0.391 e. The molecule has 2 aromatic heterocycles. The molecule has 1 fully saturated rings. The Morgan fingerprint density at radius 1 is 1.21 bits per heavy atom. The maximum Gasteiger partial charge on any atom is 0.275 e. The minimum atomic E-state index is -0.458. The Bertz CT molecular complexity index is 854. The van der Waals surface area contributed by atoms with Gasteiger partial charge in [0.15, 0.2) is 0 Å². The van der Waals surface area contributed by atoms with Gasteiger partial charge in [0, 0.05) is 19.3 Å². The molecular weight excluding hydrogens is 308 g/mol. The highest BCUT2D eigenvalue weighted by atomic mass is 16.3. The van der Waals surface area contributed by atoms with Gasteiger partial charge in [-0.25, -0.2) is 4.98 Å². The molecule has 7 nitrogen and oxygen atoms in total. The smallest absolute Gasteiger partial charge is 0.275 e. The van der Waals surface area contributed by atoms with E-state index >= 15 is 0 Å². The molecule has 2 unspecified atom stereocenters. The summed E-state index contributed by atoms with van der Waals surface area (Å²) in [5.74, 6) is -0.169. The van der Waals surface area contributed by atoms with Crippen LogP contribution in [0.4, 0.5) is 0 Å². The third-order valence-corrected chi connectivity index (χ3v) is 5.03. The van der Waals surface area contributed by atoms with E-state index in [-0.39, 0.29) is 17.5 Å². The zero-order valence-electron chi connectivity index (χ0n) is 13.6. The van der Waals surface area contributed by atoms with E-state index in [1.54, 1.807) is 34.1 Å². The number of rotatable bonds is 2. The second-order valence-electron chi connectivity index (χ2n) is 6.55. The van der Waals surface area contributed by atoms with Gasteiger partial charge in [-0.3, -0.25) is 9.59 Å². The van der Waals surface area contributed by atoms with Crippen LogP contribution in [0.3, 0.4) is 0 Å². The molecule has 1 saturated carbocycles. The van der Waals surface area contributed by atoms with Gasteiger partial charge in [0.1, 0.15) is 11.4 Å². The highest BCUT2D eigenvalue weighted by Gasteiger charge is 2.37. The Morgan fingerprint density at radius 2 is 2.04 bits per heavy atom. The second kappa shape index (κ2) is 5.59. The van der Waals surface area contributed by atoms with E-state index in [0.717, 1.165) is 25.0 Å². The monoisotopic (exact) mass is 328 g/mol. The lowest BCUT2D eigenvalue weighted by Crippen LogP contribution is -2.51. The van der Waals surface area contributed by atoms with Gasteiger partial charge >= 0.3 is 0 Å². The van der Waals surface area contributed by atoms with Crippen molar-refractivity contribution >= 4 is 5.91 Å². The predicted octanol–water partition coefficient (Wildman–Crippen LogP) is 0.712. The number of aliphatic hydroxyl groups excluding tert-OH is 1. The van der Waals surface area contributed by atoms with Gasteiger partial charge in [0.05, 0.1) is 24.2 Å². The van der Waals surface area contributed by atoms with Gasteiger partial charge in [-0.2, -0.15) is 0 Å². The van der Waals surface area contributed by atoms with Crippen molar-refractivity contribution in [3.8, 4) is 5.69 Å².